The van der Waals surface area contributed by atoms with Crippen molar-refractivity contribution in [3.63, 3.8) is 0 Å². The predicted molar refractivity (Wildman–Crippen MR) is 106 cm³/mol. The summed E-state index contributed by atoms with van der Waals surface area (Å²) in [5.41, 5.74) is 5.11. The zero-order valence-electron chi connectivity index (χ0n) is 14.7. The molecule has 0 fully saturated rings. The van der Waals surface area contributed by atoms with Gasteiger partial charge in [0, 0.05) is 11.3 Å². The van der Waals surface area contributed by atoms with E-state index in [1.54, 1.807) is 13.0 Å². The molecule has 0 spiro atoms. The van der Waals surface area contributed by atoms with E-state index in [2.05, 4.69) is 15.8 Å². The lowest BCUT2D eigenvalue weighted by atomic mass is 10.0. The van der Waals surface area contributed by atoms with Crippen molar-refractivity contribution in [2.75, 3.05) is 5.32 Å². The summed E-state index contributed by atoms with van der Waals surface area (Å²) >= 11 is 0. The van der Waals surface area contributed by atoms with Gasteiger partial charge in [0.2, 0.25) is 0 Å². The third kappa shape index (κ3) is 4.00. The van der Waals surface area contributed by atoms with Crippen LogP contribution < -0.4 is 10.7 Å². The number of amides is 1. The van der Waals surface area contributed by atoms with Crippen molar-refractivity contribution >= 4 is 28.6 Å². The van der Waals surface area contributed by atoms with Gasteiger partial charge in [-0.05, 0) is 42.8 Å². The summed E-state index contributed by atoms with van der Waals surface area (Å²) in [6, 6.07) is 18.5. The number of phenolic OH excluding ortho intramolecular Hbond substituents is 1. The van der Waals surface area contributed by atoms with E-state index in [1.165, 1.54) is 6.21 Å². The largest absolute Gasteiger partial charge is 0.507 e. The number of phenols is 1. The maximum atomic E-state index is 12.2. The summed E-state index contributed by atoms with van der Waals surface area (Å²) in [6.07, 6.45) is 1.47. The number of benzene rings is 3. The topological polar surface area (TPSA) is 73.7 Å². The summed E-state index contributed by atoms with van der Waals surface area (Å²) in [5, 5.41) is 19.1. The zero-order chi connectivity index (χ0) is 18.5. The number of aromatic hydroxyl groups is 1. The summed E-state index contributed by atoms with van der Waals surface area (Å²) in [5.74, 6) is -0.144. The molecule has 3 N–H and O–H groups in total. The molecule has 3 aromatic rings. The van der Waals surface area contributed by atoms with Crippen LogP contribution in [0.1, 0.15) is 18.1 Å². The molecule has 1 unspecified atom stereocenters. The van der Waals surface area contributed by atoms with Crippen LogP contribution >= 0.6 is 0 Å². The Labute approximate surface area is 152 Å². The Balaban J connectivity index is 1.67. The molecule has 0 aliphatic carbocycles. The van der Waals surface area contributed by atoms with Crippen LogP contribution in [0.2, 0.25) is 0 Å². The Bertz CT molecular complexity index is 949. The van der Waals surface area contributed by atoms with E-state index in [0.29, 0.717) is 5.56 Å². The molecule has 0 aliphatic heterocycles. The monoisotopic (exact) mass is 347 g/mol. The van der Waals surface area contributed by atoms with Gasteiger partial charge in [-0.3, -0.25) is 4.79 Å². The molecular formula is C21H21N3O2. The van der Waals surface area contributed by atoms with Crippen LogP contribution in [0.3, 0.4) is 0 Å². The lowest BCUT2D eigenvalue weighted by molar-refractivity contribution is -0.121. The molecule has 0 heterocycles. The normalized spacial score (nSPS) is 12.2. The smallest absolute Gasteiger partial charge is 0.262 e. The minimum absolute atomic E-state index is 0.118. The SMILES string of the molecule is Cc1ccc(NC(C)C(=O)NN=Cc2c(O)ccc3ccccc23)cc1. The molecule has 5 nitrogen and oxygen atoms in total. The van der Waals surface area contributed by atoms with Crippen molar-refractivity contribution in [2.24, 2.45) is 5.10 Å². The third-order valence-electron chi connectivity index (χ3n) is 4.14. The molecule has 0 saturated heterocycles. The highest BCUT2D eigenvalue weighted by molar-refractivity contribution is 6.02. The zero-order valence-corrected chi connectivity index (χ0v) is 14.7. The number of hydrogen-bond acceptors (Lipinski definition) is 4. The van der Waals surface area contributed by atoms with E-state index in [1.807, 2.05) is 61.5 Å². The van der Waals surface area contributed by atoms with Crippen molar-refractivity contribution in [3.8, 4) is 5.75 Å². The number of hydrogen-bond donors (Lipinski definition) is 3. The van der Waals surface area contributed by atoms with Crippen LogP contribution in [0.5, 0.6) is 5.75 Å². The Morgan fingerprint density at radius 1 is 1.08 bits per heavy atom. The molecule has 0 saturated carbocycles. The number of nitrogens with one attached hydrogen (secondary N) is 2. The molecule has 5 heteroatoms. The van der Waals surface area contributed by atoms with Crippen molar-refractivity contribution in [1.29, 1.82) is 0 Å². The Kier molecular flexibility index (Phi) is 5.17. The summed E-state index contributed by atoms with van der Waals surface area (Å²) in [7, 11) is 0. The molecule has 1 atom stereocenters. The van der Waals surface area contributed by atoms with Gasteiger partial charge in [0.05, 0.1) is 6.21 Å². The summed E-state index contributed by atoms with van der Waals surface area (Å²) in [4.78, 5) is 12.2. The number of carbonyl (C=O) groups excluding carboxylic acids is 1. The van der Waals surface area contributed by atoms with Gasteiger partial charge < -0.3 is 10.4 Å². The molecule has 0 aliphatic rings. The quantitative estimate of drug-likeness (QED) is 0.485. The molecule has 3 aromatic carbocycles. The number of anilines is 1. The minimum Gasteiger partial charge on any atom is -0.507 e. The first-order valence-electron chi connectivity index (χ1n) is 8.41. The van der Waals surface area contributed by atoms with Crippen molar-refractivity contribution < 1.29 is 9.90 Å². The maximum Gasteiger partial charge on any atom is 0.262 e. The van der Waals surface area contributed by atoms with Gasteiger partial charge in [-0.15, -0.1) is 0 Å². The molecular weight excluding hydrogens is 326 g/mol. The lowest BCUT2D eigenvalue weighted by Crippen LogP contribution is -2.34. The molecule has 0 aromatic heterocycles. The van der Waals surface area contributed by atoms with E-state index < -0.39 is 6.04 Å². The summed E-state index contributed by atoms with van der Waals surface area (Å²) < 4.78 is 0. The number of aryl methyl sites for hydroxylation is 1. The maximum absolute atomic E-state index is 12.2. The molecule has 0 bridgehead atoms. The standard InChI is InChI=1S/C21H21N3O2/c1-14-7-10-17(11-8-14)23-15(2)21(26)24-22-13-19-18-6-4-3-5-16(18)9-12-20(19)25/h3-13,15,23,25H,1-2H3,(H,24,26). The fraction of sp³-hybridized carbons (Fsp3) is 0.143. The average Bonchev–Trinajstić information content (AvgIpc) is 2.65. The van der Waals surface area contributed by atoms with E-state index >= 15 is 0 Å². The number of carbonyl (C=O) groups is 1. The van der Waals surface area contributed by atoms with Crippen molar-refractivity contribution in [1.82, 2.24) is 5.43 Å². The van der Waals surface area contributed by atoms with Gasteiger partial charge in [0.1, 0.15) is 11.8 Å². The Morgan fingerprint density at radius 2 is 1.81 bits per heavy atom. The second kappa shape index (κ2) is 7.70. The van der Waals surface area contributed by atoms with E-state index in [-0.39, 0.29) is 11.7 Å². The highest BCUT2D eigenvalue weighted by atomic mass is 16.3. The van der Waals surface area contributed by atoms with Crippen LogP contribution in [0.4, 0.5) is 5.69 Å². The van der Waals surface area contributed by atoms with E-state index in [0.717, 1.165) is 22.0 Å². The van der Waals surface area contributed by atoms with E-state index in [4.69, 9.17) is 0 Å². The number of nitrogens with zero attached hydrogens (tertiary/aromatic N) is 1. The fourth-order valence-electron chi connectivity index (χ4n) is 2.64. The molecule has 3 rings (SSSR count). The van der Waals surface area contributed by atoms with Gasteiger partial charge in [-0.1, -0.05) is 48.0 Å². The average molecular weight is 347 g/mol. The van der Waals surface area contributed by atoms with Crippen LogP contribution in [0.15, 0.2) is 65.8 Å². The summed E-state index contributed by atoms with van der Waals surface area (Å²) in [6.45, 7) is 3.78. The van der Waals surface area contributed by atoms with Gasteiger partial charge in [0.15, 0.2) is 0 Å². The van der Waals surface area contributed by atoms with Crippen LogP contribution in [0.25, 0.3) is 10.8 Å². The minimum atomic E-state index is -0.448. The van der Waals surface area contributed by atoms with Gasteiger partial charge in [0.25, 0.3) is 5.91 Å². The highest BCUT2D eigenvalue weighted by Crippen LogP contribution is 2.25. The number of rotatable bonds is 5. The van der Waals surface area contributed by atoms with Crippen molar-refractivity contribution in [2.45, 2.75) is 19.9 Å². The first-order valence-corrected chi connectivity index (χ1v) is 8.41. The predicted octanol–water partition coefficient (Wildman–Crippen LogP) is 3.80. The van der Waals surface area contributed by atoms with Crippen molar-refractivity contribution in [3.05, 3.63) is 71.8 Å². The molecule has 132 valence electrons. The van der Waals surface area contributed by atoms with E-state index in [9.17, 15) is 9.90 Å². The fourth-order valence-corrected chi connectivity index (χ4v) is 2.64. The first-order chi connectivity index (χ1) is 12.5. The Hall–Kier alpha value is -3.34. The molecule has 1 amide bonds. The van der Waals surface area contributed by atoms with Gasteiger partial charge in [-0.2, -0.15) is 5.10 Å². The first kappa shape index (κ1) is 17.5. The number of fused-ring (bicyclic) bond motifs is 1. The van der Waals surface area contributed by atoms with Gasteiger partial charge >= 0.3 is 0 Å². The van der Waals surface area contributed by atoms with Crippen LogP contribution in [0, 0.1) is 6.92 Å². The van der Waals surface area contributed by atoms with Gasteiger partial charge in [-0.25, -0.2) is 5.43 Å². The van der Waals surface area contributed by atoms with Crippen LogP contribution in [-0.4, -0.2) is 23.3 Å². The lowest BCUT2D eigenvalue weighted by Gasteiger charge is -2.13. The second-order valence-corrected chi connectivity index (χ2v) is 6.19. The molecule has 0 radical (unpaired) electrons. The third-order valence-corrected chi connectivity index (χ3v) is 4.14. The second-order valence-electron chi connectivity index (χ2n) is 6.19. The van der Waals surface area contributed by atoms with Crippen LogP contribution in [-0.2, 0) is 4.79 Å². The Morgan fingerprint density at radius 3 is 2.58 bits per heavy atom. The highest BCUT2D eigenvalue weighted by Gasteiger charge is 2.11. The molecule has 26 heavy (non-hydrogen) atoms. The number of hydrazone groups is 1.